The maximum Gasteiger partial charge on any atom is 0.347 e. The van der Waals surface area contributed by atoms with Crippen molar-refractivity contribution < 1.29 is 9.18 Å². The number of amidine groups is 1. The Labute approximate surface area is 113 Å². The van der Waals surface area contributed by atoms with Gasteiger partial charge in [0, 0.05) is 19.3 Å². The van der Waals surface area contributed by atoms with Crippen LogP contribution in [-0.4, -0.2) is 35.4 Å². The van der Waals surface area contributed by atoms with Gasteiger partial charge in [0.2, 0.25) is 0 Å². The Kier molecular flexibility index (Phi) is 4.08. The van der Waals surface area contributed by atoms with E-state index in [4.69, 9.17) is 11.6 Å². The van der Waals surface area contributed by atoms with Gasteiger partial charge in [0.25, 0.3) is 0 Å². The molecule has 0 radical (unpaired) electrons. The minimum Gasteiger partial charge on any atom is -0.353 e. The second-order valence-corrected chi connectivity index (χ2v) is 5.16. The molecule has 1 aromatic rings. The van der Waals surface area contributed by atoms with E-state index in [1.54, 1.807) is 0 Å². The Morgan fingerprint density at radius 2 is 2.39 bits per heavy atom. The Bertz CT molecular complexity index is 489. The third-order valence-electron chi connectivity index (χ3n) is 2.38. The molecule has 2 amide bonds. The summed E-state index contributed by atoms with van der Waals surface area (Å²) in [6, 6.07) is 3.58. The van der Waals surface area contributed by atoms with Gasteiger partial charge in [0.1, 0.15) is 5.82 Å². The second-order valence-electron chi connectivity index (χ2n) is 3.69. The molecule has 0 saturated carbocycles. The molecule has 1 N–H and O–H groups in total. The molecule has 0 aromatic heterocycles. The SMILES string of the molecule is CN1CCSC1=NC(=O)Nc1c(F)cccc1Cl. The molecule has 1 fully saturated rings. The summed E-state index contributed by atoms with van der Waals surface area (Å²) in [5, 5.41) is 3.13. The summed E-state index contributed by atoms with van der Waals surface area (Å²) in [6.07, 6.45) is 0. The molecule has 1 aliphatic heterocycles. The third kappa shape index (κ3) is 2.94. The Morgan fingerprint density at radius 3 is 3.00 bits per heavy atom. The number of halogens is 2. The summed E-state index contributed by atoms with van der Waals surface area (Å²) >= 11 is 7.29. The molecule has 1 aliphatic rings. The first-order valence-corrected chi connectivity index (χ1v) is 6.62. The number of amides is 2. The van der Waals surface area contributed by atoms with Crippen molar-refractivity contribution in [1.29, 1.82) is 0 Å². The number of thioether (sulfide) groups is 1. The van der Waals surface area contributed by atoms with Gasteiger partial charge in [0.15, 0.2) is 5.17 Å². The fourth-order valence-electron chi connectivity index (χ4n) is 1.44. The van der Waals surface area contributed by atoms with Gasteiger partial charge < -0.3 is 10.2 Å². The van der Waals surface area contributed by atoms with Gasteiger partial charge in [0.05, 0.1) is 10.7 Å². The van der Waals surface area contributed by atoms with Gasteiger partial charge in [-0.25, -0.2) is 9.18 Å². The summed E-state index contributed by atoms with van der Waals surface area (Å²) in [5.74, 6) is 0.312. The Morgan fingerprint density at radius 1 is 1.61 bits per heavy atom. The summed E-state index contributed by atoms with van der Waals surface area (Å²) in [6.45, 7) is 0.844. The number of nitrogens with one attached hydrogen (secondary N) is 1. The normalized spacial score (nSPS) is 17.3. The molecule has 7 heteroatoms. The van der Waals surface area contributed by atoms with Gasteiger partial charge >= 0.3 is 6.03 Å². The zero-order valence-electron chi connectivity index (χ0n) is 9.61. The van der Waals surface area contributed by atoms with E-state index in [2.05, 4.69) is 10.3 Å². The number of anilines is 1. The van der Waals surface area contributed by atoms with Crippen molar-refractivity contribution in [3.63, 3.8) is 0 Å². The fourth-order valence-corrected chi connectivity index (χ4v) is 2.65. The van der Waals surface area contributed by atoms with Crippen molar-refractivity contribution in [2.45, 2.75) is 0 Å². The van der Waals surface area contributed by atoms with Crippen LogP contribution < -0.4 is 5.32 Å². The van der Waals surface area contributed by atoms with E-state index >= 15 is 0 Å². The van der Waals surface area contributed by atoms with Crippen LogP contribution in [0.25, 0.3) is 0 Å². The zero-order valence-corrected chi connectivity index (χ0v) is 11.2. The molecule has 0 bridgehead atoms. The van der Waals surface area contributed by atoms with Crippen LogP contribution in [-0.2, 0) is 0 Å². The van der Waals surface area contributed by atoms with E-state index in [-0.39, 0.29) is 10.7 Å². The quantitative estimate of drug-likeness (QED) is 0.863. The first-order chi connectivity index (χ1) is 8.58. The molecule has 4 nitrogen and oxygen atoms in total. The highest BCUT2D eigenvalue weighted by atomic mass is 35.5. The van der Waals surface area contributed by atoms with Crippen molar-refractivity contribution in [2.75, 3.05) is 24.7 Å². The van der Waals surface area contributed by atoms with Gasteiger partial charge in [-0.05, 0) is 12.1 Å². The number of hydrogen-bond donors (Lipinski definition) is 1. The van der Waals surface area contributed by atoms with E-state index < -0.39 is 11.8 Å². The average Bonchev–Trinajstić information content (AvgIpc) is 2.70. The number of rotatable bonds is 1. The minimum absolute atomic E-state index is 0.0424. The molecule has 1 heterocycles. The number of nitrogens with zero attached hydrogens (tertiary/aromatic N) is 2. The van der Waals surface area contributed by atoms with Gasteiger partial charge in [-0.3, -0.25) is 0 Å². The Hall–Kier alpha value is -1.27. The molecule has 1 saturated heterocycles. The molecular weight excluding hydrogens is 277 g/mol. The number of urea groups is 1. The molecule has 0 unspecified atom stereocenters. The first-order valence-electron chi connectivity index (χ1n) is 5.25. The molecule has 0 spiro atoms. The lowest BCUT2D eigenvalue weighted by molar-refractivity contribution is 0.259. The first kappa shape index (κ1) is 13.2. The predicted molar refractivity (Wildman–Crippen MR) is 73.0 cm³/mol. The highest BCUT2D eigenvalue weighted by molar-refractivity contribution is 8.14. The number of carbonyl (C=O) groups excluding carboxylic acids is 1. The topological polar surface area (TPSA) is 44.7 Å². The smallest absolute Gasteiger partial charge is 0.347 e. The van der Waals surface area contributed by atoms with Crippen LogP contribution in [0.5, 0.6) is 0 Å². The van der Waals surface area contributed by atoms with Crippen LogP contribution >= 0.6 is 23.4 Å². The number of carbonyl (C=O) groups is 1. The lowest BCUT2D eigenvalue weighted by Gasteiger charge is -2.10. The third-order valence-corrected chi connectivity index (χ3v) is 3.74. The van der Waals surface area contributed by atoms with E-state index in [1.165, 1.54) is 30.0 Å². The van der Waals surface area contributed by atoms with Crippen molar-refractivity contribution >= 4 is 40.2 Å². The van der Waals surface area contributed by atoms with Crippen molar-refractivity contribution in [3.05, 3.63) is 29.0 Å². The predicted octanol–water partition coefficient (Wildman–Crippen LogP) is 3.05. The average molecular weight is 288 g/mol. The molecular formula is C11H11ClFN3OS. The maximum atomic E-state index is 13.4. The summed E-state index contributed by atoms with van der Waals surface area (Å²) in [7, 11) is 1.85. The summed E-state index contributed by atoms with van der Waals surface area (Å²) in [5.41, 5.74) is -0.0424. The van der Waals surface area contributed by atoms with Crippen molar-refractivity contribution in [1.82, 2.24) is 4.90 Å². The highest BCUT2D eigenvalue weighted by Gasteiger charge is 2.17. The van der Waals surface area contributed by atoms with E-state index in [9.17, 15) is 9.18 Å². The number of para-hydroxylation sites is 1. The highest BCUT2D eigenvalue weighted by Crippen LogP contribution is 2.25. The lowest BCUT2D eigenvalue weighted by atomic mass is 10.3. The van der Waals surface area contributed by atoms with E-state index in [0.717, 1.165) is 12.3 Å². The van der Waals surface area contributed by atoms with Gasteiger partial charge in [-0.2, -0.15) is 4.99 Å². The molecule has 96 valence electrons. The van der Waals surface area contributed by atoms with Crippen LogP contribution in [0.3, 0.4) is 0 Å². The van der Waals surface area contributed by atoms with Gasteiger partial charge in [-0.1, -0.05) is 29.4 Å². The number of aliphatic imine (C=N–C) groups is 1. The molecule has 2 rings (SSSR count). The van der Waals surface area contributed by atoms with Gasteiger partial charge in [-0.15, -0.1) is 0 Å². The van der Waals surface area contributed by atoms with Crippen LogP contribution in [0.15, 0.2) is 23.2 Å². The Balaban J connectivity index is 2.12. The zero-order chi connectivity index (χ0) is 13.1. The molecule has 0 aliphatic carbocycles. The van der Waals surface area contributed by atoms with E-state index in [1.807, 2.05) is 11.9 Å². The van der Waals surface area contributed by atoms with Crippen molar-refractivity contribution in [2.24, 2.45) is 4.99 Å². The molecule has 1 aromatic carbocycles. The largest absolute Gasteiger partial charge is 0.353 e. The van der Waals surface area contributed by atoms with Crippen LogP contribution in [0.4, 0.5) is 14.9 Å². The monoisotopic (exact) mass is 287 g/mol. The van der Waals surface area contributed by atoms with Crippen LogP contribution in [0, 0.1) is 5.82 Å². The second kappa shape index (κ2) is 5.58. The maximum absolute atomic E-state index is 13.4. The number of benzene rings is 1. The minimum atomic E-state index is -0.627. The molecule has 18 heavy (non-hydrogen) atoms. The fraction of sp³-hybridized carbons (Fsp3) is 0.273. The van der Waals surface area contributed by atoms with Crippen LogP contribution in [0.1, 0.15) is 0 Å². The van der Waals surface area contributed by atoms with E-state index in [0.29, 0.717) is 5.17 Å². The van der Waals surface area contributed by atoms with Crippen LogP contribution in [0.2, 0.25) is 5.02 Å². The summed E-state index contributed by atoms with van der Waals surface area (Å²) < 4.78 is 13.4. The lowest BCUT2D eigenvalue weighted by Crippen LogP contribution is -2.21. The standard InChI is InChI=1S/C11H11ClFN3OS/c1-16-5-6-18-11(16)15-10(17)14-9-7(12)3-2-4-8(9)13/h2-4H,5-6H2,1H3,(H,14,17). The van der Waals surface area contributed by atoms with Crippen molar-refractivity contribution in [3.8, 4) is 0 Å². The summed E-state index contributed by atoms with van der Waals surface area (Å²) in [4.78, 5) is 17.4. The number of hydrogen-bond acceptors (Lipinski definition) is 2. The molecule has 0 atom stereocenters.